The molecular formula is C23H29Cl2OTi. The third kappa shape index (κ3) is 6.91. The number of phenols is 1. The minimum Gasteiger partial charge on any atom is -1.00 e. The van der Waals surface area contributed by atoms with Gasteiger partial charge in [0.2, 0.25) is 0 Å². The molecule has 0 aliphatic rings. The Hall–Kier alpha value is -0.856. The van der Waals surface area contributed by atoms with Gasteiger partial charge in [-0.05, 0) is 23.0 Å². The molecule has 27 heavy (non-hydrogen) atoms. The molecule has 1 N–H and O–H groups in total. The summed E-state index contributed by atoms with van der Waals surface area (Å²) in [5, 5.41) is 12.7. The second-order valence-electron chi connectivity index (χ2n) is 7.13. The van der Waals surface area contributed by atoms with Gasteiger partial charge in [-0.2, -0.15) is 5.56 Å². The fourth-order valence-corrected chi connectivity index (χ4v) is 3.03. The number of fused-ring (bicyclic) bond motifs is 1. The van der Waals surface area contributed by atoms with E-state index in [1.54, 1.807) is 0 Å². The minimum atomic E-state index is 0. The number of hydrogen-bond donors (Lipinski definition) is 1. The van der Waals surface area contributed by atoms with Gasteiger partial charge in [-0.1, -0.05) is 65.8 Å². The van der Waals surface area contributed by atoms with E-state index in [1.807, 2.05) is 18.2 Å². The Balaban J connectivity index is 0. The summed E-state index contributed by atoms with van der Waals surface area (Å²) in [4.78, 5) is 0. The van der Waals surface area contributed by atoms with Crippen molar-refractivity contribution in [2.45, 2.75) is 53.4 Å². The molecule has 3 aromatic carbocycles. The summed E-state index contributed by atoms with van der Waals surface area (Å²) in [7, 11) is 0. The Bertz CT molecular complexity index is 796. The van der Waals surface area contributed by atoms with Crippen LogP contribution in [0.5, 0.6) is 5.75 Å². The van der Waals surface area contributed by atoms with Crippen molar-refractivity contribution >= 4 is 10.8 Å². The molecule has 0 saturated carbocycles. The molecule has 0 fully saturated rings. The Morgan fingerprint density at radius 3 is 1.70 bits per heavy atom. The van der Waals surface area contributed by atoms with Crippen LogP contribution in [0.15, 0.2) is 48.5 Å². The van der Waals surface area contributed by atoms with E-state index in [0.717, 1.165) is 11.1 Å². The molecule has 1 nitrogen and oxygen atoms in total. The minimum absolute atomic E-state index is 0. The van der Waals surface area contributed by atoms with Gasteiger partial charge >= 0.3 is 21.7 Å². The van der Waals surface area contributed by atoms with Gasteiger partial charge in [0.15, 0.2) is 0 Å². The topological polar surface area (TPSA) is 20.2 Å². The van der Waals surface area contributed by atoms with Crippen LogP contribution in [0.4, 0.5) is 0 Å². The van der Waals surface area contributed by atoms with Crippen molar-refractivity contribution in [1.29, 1.82) is 0 Å². The van der Waals surface area contributed by atoms with E-state index < -0.39 is 0 Å². The third-order valence-corrected chi connectivity index (χ3v) is 4.67. The van der Waals surface area contributed by atoms with Gasteiger partial charge in [-0.25, -0.2) is 0 Å². The average molecular weight is 440 g/mol. The number of aromatic hydroxyl groups is 1. The van der Waals surface area contributed by atoms with Crippen LogP contribution < -0.4 is 24.8 Å². The van der Waals surface area contributed by atoms with Crippen LogP contribution in [-0.2, 0) is 21.7 Å². The molecular weight excluding hydrogens is 411 g/mol. The molecule has 0 bridgehead atoms. The number of para-hydroxylation sites is 1. The van der Waals surface area contributed by atoms with Crippen LogP contribution >= 0.6 is 0 Å². The number of benzene rings is 2. The normalized spacial score (nSPS) is 9.78. The first-order chi connectivity index (χ1) is 11.3. The van der Waals surface area contributed by atoms with E-state index in [0.29, 0.717) is 17.6 Å². The first-order valence-electron chi connectivity index (χ1n) is 8.76. The standard InChI is InChI=1S/C12H18O.C11H11.2ClH.Ti/c1-8(2)10-6-5-7-11(9(3)4)12(10)13;1-8-7-10-5-3-4-6-11(10)9(8)2;;;/h5-9,13H,1-4H3;3-7H,1-2H3;2*1H;/q;-1;;;+3/p-2. The summed E-state index contributed by atoms with van der Waals surface area (Å²) in [6, 6.07) is 16.8. The van der Waals surface area contributed by atoms with Crippen LogP contribution in [0.2, 0.25) is 0 Å². The maximum atomic E-state index is 9.93. The quantitative estimate of drug-likeness (QED) is 0.463. The molecule has 0 amide bonds. The molecule has 0 aliphatic heterocycles. The van der Waals surface area contributed by atoms with E-state index in [9.17, 15) is 5.11 Å². The van der Waals surface area contributed by atoms with Crippen molar-refractivity contribution in [2.75, 3.05) is 0 Å². The zero-order valence-corrected chi connectivity index (χ0v) is 20.1. The second kappa shape index (κ2) is 12.6. The number of halogens is 2. The fourth-order valence-electron chi connectivity index (χ4n) is 3.03. The van der Waals surface area contributed by atoms with Crippen LogP contribution in [0.25, 0.3) is 10.8 Å². The van der Waals surface area contributed by atoms with Crippen LogP contribution in [0.3, 0.4) is 0 Å². The number of phenolic OH excluding ortho intramolecular Hbond substituents is 1. The smallest absolute Gasteiger partial charge is 1.00 e. The van der Waals surface area contributed by atoms with Crippen molar-refractivity contribution in [3.8, 4) is 5.75 Å². The van der Waals surface area contributed by atoms with E-state index in [-0.39, 0.29) is 46.5 Å². The van der Waals surface area contributed by atoms with Gasteiger partial charge in [0.25, 0.3) is 0 Å². The third-order valence-electron chi connectivity index (χ3n) is 4.67. The molecule has 0 heterocycles. The molecule has 1 radical (unpaired) electrons. The molecule has 0 spiro atoms. The predicted octanol–water partition coefficient (Wildman–Crippen LogP) is 0.820. The van der Waals surface area contributed by atoms with Crippen molar-refractivity contribution in [1.82, 2.24) is 0 Å². The summed E-state index contributed by atoms with van der Waals surface area (Å²) >= 11 is 0. The molecule has 3 rings (SSSR count). The van der Waals surface area contributed by atoms with Gasteiger partial charge < -0.3 is 29.9 Å². The molecule has 3 aromatic rings. The molecule has 0 unspecified atom stereocenters. The largest absolute Gasteiger partial charge is 3.00 e. The van der Waals surface area contributed by atoms with E-state index in [4.69, 9.17) is 0 Å². The molecule has 145 valence electrons. The SMILES string of the molecule is CC(C)c1cccc(C(C)C)c1O.Cc1[cH-]c2ccccc2c1C.[Cl-].[Cl-].[Ti+3]. The summed E-state index contributed by atoms with van der Waals surface area (Å²) in [5.41, 5.74) is 4.91. The maximum Gasteiger partial charge on any atom is 3.00 e. The first-order valence-corrected chi connectivity index (χ1v) is 8.76. The number of aryl methyl sites for hydroxylation is 2. The van der Waals surface area contributed by atoms with Crippen molar-refractivity contribution < 1.29 is 51.6 Å². The summed E-state index contributed by atoms with van der Waals surface area (Å²) in [6.07, 6.45) is 0. The van der Waals surface area contributed by atoms with E-state index >= 15 is 0 Å². The average Bonchev–Trinajstić information content (AvgIpc) is 2.83. The first kappa shape index (κ1) is 28.4. The Labute approximate surface area is 191 Å². The second-order valence-corrected chi connectivity index (χ2v) is 7.13. The van der Waals surface area contributed by atoms with Crippen molar-refractivity contribution in [2.24, 2.45) is 0 Å². The zero-order chi connectivity index (χ0) is 17.9. The fraction of sp³-hybridized carbons (Fsp3) is 0.348. The Morgan fingerprint density at radius 1 is 0.778 bits per heavy atom. The maximum absolute atomic E-state index is 9.93. The summed E-state index contributed by atoms with van der Waals surface area (Å²) < 4.78 is 0. The van der Waals surface area contributed by atoms with Gasteiger partial charge in [0.05, 0.1) is 0 Å². The van der Waals surface area contributed by atoms with Crippen LogP contribution in [0, 0.1) is 13.8 Å². The molecule has 0 aromatic heterocycles. The van der Waals surface area contributed by atoms with E-state index in [2.05, 4.69) is 71.9 Å². The molecule has 0 saturated heterocycles. The Morgan fingerprint density at radius 2 is 1.26 bits per heavy atom. The number of hydrogen-bond acceptors (Lipinski definition) is 1. The molecule has 0 aliphatic carbocycles. The zero-order valence-electron chi connectivity index (χ0n) is 17.0. The summed E-state index contributed by atoms with van der Waals surface area (Å²) in [5.74, 6) is 1.25. The van der Waals surface area contributed by atoms with Crippen LogP contribution in [0.1, 0.15) is 61.8 Å². The Kier molecular flexibility index (Phi) is 13.2. The van der Waals surface area contributed by atoms with Gasteiger partial charge in [0.1, 0.15) is 5.75 Å². The van der Waals surface area contributed by atoms with Crippen LogP contribution in [-0.4, -0.2) is 5.11 Å². The monoisotopic (exact) mass is 439 g/mol. The van der Waals surface area contributed by atoms with E-state index in [1.165, 1.54) is 21.9 Å². The van der Waals surface area contributed by atoms with Gasteiger partial charge in [0, 0.05) is 0 Å². The molecule has 0 atom stereocenters. The van der Waals surface area contributed by atoms with Crippen molar-refractivity contribution in [3.05, 3.63) is 70.8 Å². The van der Waals surface area contributed by atoms with Gasteiger partial charge in [-0.15, -0.1) is 40.6 Å². The number of rotatable bonds is 2. The van der Waals surface area contributed by atoms with Gasteiger partial charge in [-0.3, -0.25) is 0 Å². The predicted molar refractivity (Wildman–Crippen MR) is 105 cm³/mol. The van der Waals surface area contributed by atoms with Crippen molar-refractivity contribution in [3.63, 3.8) is 0 Å². The molecule has 4 heteroatoms. The summed E-state index contributed by atoms with van der Waals surface area (Å²) in [6.45, 7) is 12.7.